The van der Waals surface area contributed by atoms with Crippen molar-refractivity contribution < 1.29 is 72.9 Å². The van der Waals surface area contributed by atoms with Crippen LogP contribution in [-0.2, 0) is 33.4 Å². The third-order valence-electron chi connectivity index (χ3n) is 17.8. The number of hydrogen-bond donors (Lipinski definition) is 5. The highest BCUT2D eigenvalue weighted by atomic mass is 16.5. The number of aliphatic carboxylic acids is 4. The number of ether oxygens (including phenoxy) is 4. The lowest BCUT2D eigenvalue weighted by Gasteiger charge is -2.59. The normalized spacial score (nSPS) is 22.1. The minimum atomic E-state index is -1.38. The molecule has 4 bridgehead atoms. The Kier molecular flexibility index (Phi) is 24.9. The van der Waals surface area contributed by atoms with Gasteiger partial charge in [-0.2, -0.15) is 5.10 Å². The first-order valence-electron chi connectivity index (χ1n) is 30.5. The molecule has 3 aromatic rings. The Labute approximate surface area is 510 Å². The van der Waals surface area contributed by atoms with Gasteiger partial charge in [-0.25, -0.2) is 9.48 Å². The van der Waals surface area contributed by atoms with Crippen molar-refractivity contribution in [1.29, 1.82) is 0 Å². The van der Waals surface area contributed by atoms with Crippen LogP contribution in [0.3, 0.4) is 0 Å². The zero-order valence-corrected chi connectivity index (χ0v) is 51.8. The van der Waals surface area contributed by atoms with E-state index in [1.54, 1.807) is 87.8 Å². The van der Waals surface area contributed by atoms with Crippen molar-refractivity contribution in [2.45, 2.75) is 70.3 Å². The Morgan fingerprint density at radius 1 is 0.632 bits per heavy atom. The fraction of sp³-hybridized carbons (Fsp3) is 0.645. The van der Waals surface area contributed by atoms with Gasteiger partial charge in [0, 0.05) is 85.1 Å². The highest BCUT2D eigenvalue weighted by molar-refractivity contribution is 5.98. The quantitative estimate of drug-likeness (QED) is 0.0812. The molecule has 5 aliphatic rings. The fourth-order valence-electron chi connectivity index (χ4n) is 13.3. The van der Waals surface area contributed by atoms with E-state index in [-0.39, 0.29) is 94.4 Å². The van der Waals surface area contributed by atoms with Crippen molar-refractivity contribution >= 4 is 41.6 Å². The topological polar surface area (TPSA) is 290 Å². The number of likely N-dealkylation sites (N-methyl/N-ethyl adjacent to an activating group) is 1. The lowest BCUT2D eigenvalue weighted by atomic mass is 9.48. The van der Waals surface area contributed by atoms with E-state index in [1.807, 2.05) is 37.9 Å². The second-order valence-electron chi connectivity index (χ2n) is 24.3. The summed E-state index contributed by atoms with van der Waals surface area (Å²) in [6, 6.07) is 12.5. The molecule has 5 fully saturated rings. The third kappa shape index (κ3) is 18.2. The lowest BCUT2D eigenvalue weighted by molar-refractivity contribution is -0.163. The highest BCUT2D eigenvalue weighted by Gasteiger charge is 2.62. The van der Waals surface area contributed by atoms with Gasteiger partial charge in [-0.1, -0.05) is 19.9 Å². The number of aromatic nitrogens is 2. The number of rotatable bonds is 25. The number of carbonyl (C=O) groups excluding carboxylic acids is 3. The number of hydrogen-bond acceptors (Lipinski definition) is 17. The summed E-state index contributed by atoms with van der Waals surface area (Å²) in [5.74, 6) is -3.38. The smallest absolute Gasteiger partial charge is 0.330 e. The molecule has 1 aromatic heterocycles. The zero-order valence-electron chi connectivity index (χ0n) is 51.8. The molecular weight excluding hydrogens is 1120 g/mol. The summed E-state index contributed by atoms with van der Waals surface area (Å²) < 4.78 is 25.1. The zero-order chi connectivity index (χ0) is 63.0. The molecule has 87 heavy (non-hydrogen) atoms. The highest BCUT2D eigenvalue weighted by Crippen LogP contribution is 2.58. The first kappa shape index (κ1) is 67.8. The van der Waals surface area contributed by atoms with E-state index in [4.69, 9.17) is 24.0 Å². The largest absolute Gasteiger partial charge is 0.496 e. The third-order valence-corrected chi connectivity index (χ3v) is 17.8. The average molecular weight is 1220 g/mol. The van der Waals surface area contributed by atoms with E-state index in [1.165, 1.54) is 0 Å². The molecule has 4 aliphatic carbocycles. The van der Waals surface area contributed by atoms with E-state index in [0.717, 1.165) is 37.7 Å². The number of nitrogens with zero attached hydrogens (tertiary/aromatic N) is 9. The first-order valence-corrected chi connectivity index (χ1v) is 30.5. The maximum absolute atomic E-state index is 14.6. The van der Waals surface area contributed by atoms with Gasteiger partial charge in [0.1, 0.15) is 17.0 Å². The molecule has 5 N–H and O–H groups in total. The number of amides is 3. The molecule has 0 radical (unpaired) electrons. The fourth-order valence-corrected chi connectivity index (χ4v) is 13.3. The van der Waals surface area contributed by atoms with Crippen LogP contribution in [0.25, 0.3) is 16.9 Å². The van der Waals surface area contributed by atoms with Crippen LogP contribution in [0.5, 0.6) is 11.5 Å². The summed E-state index contributed by atoms with van der Waals surface area (Å²) in [4.78, 5) is 103. The molecule has 2 aromatic carbocycles. The van der Waals surface area contributed by atoms with Crippen molar-refractivity contribution in [2.75, 3.05) is 167 Å². The number of nitrogens with one attached hydrogen (secondary N) is 1. The van der Waals surface area contributed by atoms with Crippen molar-refractivity contribution in [3.63, 3.8) is 0 Å². The van der Waals surface area contributed by atoms with Crippen molar-refractivity contribution in [1.82, 2.24) is 49.4 Å². The number of methoxy groups -OCH3 is 2. The van der Waals surface area contributed by atoms with Crippen LogP contribution in [0.1, 0.15) is 91.1 Å². The molecule has 0 spiro atoms. The maximum Gasteiger partial charge on any atom is 0.330 e. The number of carboxylic acids is 4. The van der Waals surface area contributed by atoms with Crippen LogP contribution in [0.2, 0.25) is 0 Å². The molecule has 2 heterocycles. The van der Waals surface area contributed by atoms with E-state index < -0.39 is 35.3 Å². The second kappa shape index (κ2) is 32.0. The van der Waals surface area contributed by atoms with Crippen LogP contribution in [0.4, 0.5) is 0 Å². The van der Waals surface area contributed by atoms with Crippen LogP contribution < -0.4 is 14.8 Å². The van der Waals surface area contributed by atoms with Gasteiger partial charge in [-0.3, -0.25) is 48.4 Å². The van der Waals surface area contributed by atoms with E-state index in [9.17, 15) is 54.0 Å². The summed E-state index contributed by atoms with van der Waals surface area (Å²) in [6.45, 7) is 9.12. The van der Waals surface area contributed by atoms with Gasteiger partial charge in [0.05, 0.1) is 83.8 Å². The van der Waals surface area contributed by atoms with Gasteiger partial charge in [0.25, 0.3) is 11.8 Å². The number of carbonyl (C=O) groups is 7. The maximum atomic E-state index is 14.6. The van der Waals surface area contributed by atoms with Gasteiger partial charge in [-0.05, 0) is 137 Å². The molecule has 25 heteroatoms. The van der Waals surface area contributed by atoms with E-state index in [2.05, 4.69) is 10.2 Å². The Hall–Kier alpha value is -6.74. The summed E-state index contributed by atoms with van der Waals surface area (Å²) in [7, 11) is 8.63. The Morgan fingerprint density at radius 3 is 1.55 bits per heavy atom. The molecule has 8 rings (SSSR count). The SMILES string of the molecule is COc1cccc(OC)c1-c1cc(C(=O)NC2(C(=O)O)C3CC4CC(C3)CC2C4)nn1-c1ccc(C(=O)N(C)CCCN(C)CCCN(C)C(=O)CN2CCOCCN(CC(=O)O)CCN(CC(=O)O)CCOCCN(CC(=O)O)CC2)cc1C(C)C. The van der Waals surface area contributed by atoms with Gasteiger partial charge < -0.3 is 59.4 Å². The summed E-state index contributed by atoms with van der Waals surface area (Å²) in [5, 5.41) is 47.5. The van der Waals surface area contributed by atoms with E-state index in [0.29, 0.717) is 131 Å². The summed E-state index contributed by atoms with van der Waals surface area (Å²) in [5.41, 5.74) is 1.59. The number of benzene rings is 2. The minimum absolute atomic E-state index is 0.0431. The minimum Gasteiger partial charge on any atom is -0.496 e. The molecule has 1 aliphatic heterocycles. The predicted molar refractivity (Wildman–Crippen MR) is 323 cm³/mol. The molecule has 4 saturated carbocycles. The van der Waals surface area contributed by atoms with Crippen molar-refractivity contribution in [2.24, 2.45) is 23.7 Å². The summed E-state index contributed by atoms with van der Waals surface area (Å²) in [6.07, 6.45) is 5.62. The van der Waals surface area contributed by atoms with Crippen LogP contribution in [0.15, 0.2) is 42.5 Å². The molecule has 480 valence electrons. The Balaban J connectivity index is 0.941. The monoisotopic (exact) mass is 1220 g/mol. The first-order chi connectivity index (χ1) is 41.6. The van der Waals surface area contributed by atoms with Crippen molar-refractivity contribution in [3.8, 4) is 28.4 Å². The lowest BCUT2D eigenvalue weighted by Crippen LogP contribution is -2.70. The molecule has 0 atom stereocenters. The van der Waals surface area contributed by atoms with Crippen LogP contribution in [0, 0.1) is 23.7 Å². The molecule has 1 saturated heterocycles. The predicted octanol–water partition coefficient (Wildman–Crippen LogP) is 3.44. The Bertz CT molecular complexity index is 2800. The standard InChI is InChI=1S/C62H92N10O15/c1-42(2)48-36-45(13-14-50(48)72-51(58-52(84-6)11-8-12-53(58)85-7)37-49(64-72)59(80)63-62(61(82)83)46-32-43-31-44(34-46)35-47(62)33-43)60(81)67(5)18-10-16-65(3)15-9-17-66(4)54(73)38-68-19-20-69(39-55(74)75)24-29-87-30-26-71(41-57(78)79)22-21-70(40-56(76)77)25-28-86-27-23-68/h8,11-14,36-37,42-44,46-47H,9-10,15-35,38-41H2,1-7H3,(H,63,80)(H,74,75)(H,76,77)(H,78,79)(H,82,83). The van der Waals surface area contributed by atoms with Gasteiger partial charge >= 0.3 is 23.9 Å². The van der Waals surface area contributed by atoms with Gasteiger partial charge in [-0.15, -0.1) is 0 Å². The molecule has 25 nitrogen and oxygen atoms in total. The summed E-state index contributed by atoms with van der Waals surface area (Å²) >= 11 is 0. The van der Waals surface area contributed by atoms with Crippen molar-refractivity contribution in [3.05, 3.63) is 59.3 Å². The average Bonchev–Trinajstić information content (AvgIpc) is 1.01. The molecule has 0 unspecified atom stereocenters. The molecule has 3 amide bonds. The van der Waals surface area contributed by atoms with Gasteiger partial charge in [0.2, 0.25) is 5.91 Å². The van der Waals surface area contributed by atoms with Gasteiger partial charge in [0.15, 0.2) is 5.69 Å². The molecular formula is C62H92N10O15. The number of carboxylic acid groups (broad SMARTS) is 4. The van der Waals surface area contributed by atoms with E-state index >= 15 is 0 Å². The van der Waals surface area contributed by atoms with Crippen LogP contribution >= 0.6 is 0 Å². The second-order valence-corrected chi connectivity index (χ2v) is 24.3. The Morgan fingerprint density at radius 2 is 1.10 bits per heavy atom. The van der Waals surface area contributed by atoms with Crippen LogP contribution in [-0.4, -0.2) is 278 Å².